The molecule has 2 N–H and O–H groups in total. The Morgan fingerprint density at radius 3 is 2.43 bits per heavy atom. The molecule has 0 fully saturated rings. The molecule has 1 aromatic carbocycles. The summed E-state index contributed by atoms with van der Waals surface area (Å²) >= 11 is 0. The second-order valence-electron chi connectivity index (χ2n) is 4.59. The van der Waals surface area contributed by atoms with Crippen LogP contribution in [0.1, 0.15) is 25.8 Å². The minimum atomic E-state index is -0.670. The molecule has 0 saturated heterocycles. The molecule has 0 saturated carbocycles. The van der Waals surface area contributed by atoms with Crippen molar-refractivity contribution in [3.05, 3.63) is 50.7 Å². The van der Waals surface area contributed by atoms with Crippen molar-refractivity contribution in [2.45, 2.75) is 26.7 Å². The first-order chi connectivity index (χ1) is 10.1. The van der Waals surface area contributed by atoms with Gasteiger partial charge >= 0.3 is 5.69 Å². The van der Waals surface area contributed by atoms with Crippen LogP contribution in [0.2, 0.25) is 0 Å². The summed E-state index contributed by atoms with van der Waals surface area (Å²) in [4.78, 5) is 25.7. The van der Waals surface area contributed by atoms with Gasteiger partial charge in [-0.05, 0) is 37.1 Å². The van der Waals surface area contributed by atoms with Gasteiger partial charge in [-0.2, -0.15) is 0 Å². The van der Waals surface area contributed by atoms with E-state index in [1.54, 1.807) is 31.2 Å². The van der Waals surface area contributed by atoms with Crippen molar-refractivity contribution in [3.63, 3.8) is 0 Å². The normalized spacial score (nSPS) is 10.6. The van der Waals surface area contributed by atoms with Crippen LogP contribution in [0, 0.1) is 0 Å². The van der Waals surface area contributed by atoms with Crippen LogP contribution >= 0.6 is 0 Å². The van der Waals surface area contributed by atoms with Crippen LogP contribution in [0.3, 0.4) is 0 Å². The topological polar surface area (TPSA) is 84.3 Å². The molecule has 0 bridgehead atoms. The Kier molecular flexibility index (Phi) is 4.47. The number of benzene rings is 1. The number of hydrogen-bond donors (Lipinski definition) is 2. The van der Waals surface area contributed by atoms with E-state index in [4.69, 9.17) is 4.74 Å². The van der Waals surface area contributed by atoms with E-state index in [0.717, 1.165) is 11.0 Å². The number of ether oxygens (including phenoxy) is 1. The largest absolute Gasteiger partial charge is 0.494 e. The summed E-state index contributed by atoms with van der Waals surface area (Å²) in [5.74, 6) is 0.363. The molecule has 0 radical (unpaired) electrons. The van der Waals surface area contributed by atoms with Gasteiger partial charge in [-0.15, -0.1) is 0 Å². The van der Waals surface area contributed by atoms with Crippen molar-refractivity contribution in [2.24, 2.45) is 0 Å². The highest BCUT2D eigenvalue weighted by molar-refractivity contribution is 5.41. The maximum absolute atomic E-state index is 11.9. The molecule has 0 aliphatic heterocycles. The van der Waals surface area contributed by atoms with E-state index in [9.17, 15) is 14.7 Å². The van der Waals surface area contributed by atoms with Gasteiger partial charge in [0, 0.05) is 0 Å². The van der Waals surface area contributed by atoms with Gasteiger partial charge in [-0.1, -0.05) is 13.8 Å². The molecule has 112 valence electrons. The summed E-state index contributed by atoms with van der Waals surface area (Å²) in [5, 5.41) is 10.1. The van der Waals surface area contributed by atoms with E-state index in [2.05, 4.69) is 4.98 Å². The Morgan fingerprint density at radius 2 is 1.86 bits per heavy atom. The number of hydrogen-bond acceptors (Lipinski definition) is 4. The third-order valence-electron chi connectivity index (χ3n) is 3.10. The molecule has 6 heteroatoms. The second-order valence-corrected chi connectivity index (χ2v) is 4.59. The fourth-order valence-electron chi connectivity index (χ4n) is 2.03. The third-order valence-corrected chi connectivity index (χ3v) is 3.10. The number of nitrogens with one attached hydrogen (secondary N) is 1. The van der Waals surface area contributed by atoms with Crippen molar-refractivity contribution in [3.8, 4) is 17.3 Å². The average molecular weight is 290 g/mol. The number of aromatic amines is 1. The molecular formula is C15H18N2O4. The predicted molar refractivity (Wildman–Crippen MR) is 79.5 cm³/mol. The van der Waals surface area contributed by atoms with Crippen LogP contribution < -0.4 is 16.0 Å². The van der Waals surface area contributed by atoms with E-state index >= 15 is 0 Å². The molecule has 21 heavy (non-hydrogen) atoms. The zero-order valence-electron chi connectivity index (χ0n) is 12.0. The highest BCUT2D eigenvalue weighted by Crippen LogP contribution is 2.19. The van der Waals surface area contributed by atoms with E-state index in [1.165, 1.54) is 0 Å². The Morgan fingerprint density at radius 1 is 1.19 bits per heavy atom. The molecule has 0 spiro atoms. The lowest BCUT2D eigenvalue weighted by molar-refractivity contribution is 0.317. The molecule has 0 aliphatic rings. The monoisotopic (exact) mass is 290 g/mol. The summed E-state index contributed by atoms with van der Waals surface area (Å²) in [5.41, 5.74) is -0.579. The van der Waals surface area contributed by atoms with E-state index in [1.807, 2.05) is 6.92 Å². The summed E-state index contributed by atoms with van der Waals surface area (Å²) in [6.45, 7) is 4.36. The van der Waals surface area contributed by atoms with Gasteiger partial charge in [-0.3, -0.25) is 9.78 Å². The lowest BCUT2D eigenvalue weighted by atomic mass is 10.2. The van der Waals surface area contributed by atoms with Crippen LogP contribution in [0.5, 0.6) is 11.6 Å². The molecule has 0 unspecified atom stereocenters. The first-order valence-electron chi connectivity index (χ1n) is 6.88. The minimum Gasteiger partial charge on any atom is -0.494 e. The number of aromatic nitrogens is 2. The number of aromatic hydroxyl groups is 1. The quantitative estimate of drug-likeness (QED) is 0.875. The lowest BCUT2D eigenvalue weighted by Gasteiger charge is -2.11. The molecule has 2 rings (SSSR count). The molecule has 2 aromatic rings. The van der Waals surface area contributed by atoms with Crippen LogP contribution in [0.25, 0.3) is 5.69 Å². The number of nitrogens with zero attached hydrogens (tertiary/aromatic N) is 1. The van der Waals surface area contributed by atoms with Gasteiger partial charge in [0.05, 0.1) is 17.9 Å². The number of H-pyrrole nitrogens is 1. The zero-order chi connectivity index (χ0) is 15.4. The van der Waals surface area contributed by atoms with Crippen molar-refractivity contribution in [1.29, 1.82) is 0 Å². The van der Waals surface area contributed by atoms with Gasteiger partial charge in [0.25, 0.3) is 5.56 Å². The average Bonchev–Trinajstić information content (AvgIpc) is 2.46. The van der Waals surface area contributed by atoms with E-state index < -0.39 is 11.2 Å². The Bertz CT molecular complexity index is 729. The van der Waals surface area contributed by atoms with E-state index in [0.29, 0.717) is 24.5 Å². The highest BCUT2D eigenvalue weighted by atomic mass is 16.5. The van der Waals surface area contributed by atoms with Crippen LogP contribution in [-0.4, -0.2) is 21.3 Å². The van der Waals surface area contributed by atoms with Crippen LogP contribution in [0.4, 0.5) is 0 Å². The lowest BCUT2D eigenvalue weighted by Crippen LogP contribution is -2.31. The smallest absolute Gasteiger partial charge is 0.335 e. The Hall–Kier alpha value is -2.50. The summed E-state index contributed by atoms with van der Waals surface area (Å²) in [7, 11) is 0. The summed E-state index contributed by atoms with van der Waals surface area (Å²) in [6, 6.07) is 6.74. The fraction of sp³-hybridized carbons (Fsp3) is 0.333. The van der Waals surface area contributed by atoms with Gasteiger partial charge in [0.1, 0.15) is 5.75 Å². The van der Waals surface area contributed by atoms with Crippen molar-refractivity contribution in [1.82, 2.24) is 9.55 Å². The van der Waals surface area contributed by atoms with Crippen LogP contribution in [-0.2, 0) is 6.42 Å². The molecule has 1 heterocycles. The third kappa shape index (κ3) is 2.99. The highest BCUT2D eigenvalue weighted by Gasteiger charge is 2.13. The van der Waals surface area contributed by atoms with Crippen LogP contribution in [0.15, 0.2) is 33.9 Å². The van der Waals surface area contributed by atoms with E-state index in [-0.39, 0.29) is 11.4 Å². The van der Waals surface area contributed by atoms with Gasteiger partial charge in [0.15, 0.2) is 0 Å². The Balaban J connectivity index is 2.47. The Labute approximate surface area is 121 Å². The molecule has 0 atom stereocenters. The fourth-order valence-corrected chi connectivity index (χ4v) is 2.03. The summed E-state index contributed by atoms with van der Waals surface area (Å²) in [6.07, 6.45) is 1.24. The SMILES string of the molecule is CCCOc1ccc(-n2c(O)c(CC)c(=O)[nH]c2=O)cc1. The van der Waals surface area contributed by atoms with Crippen molar-refractivity contribution < 1.29 is 9.84 Å². The van der Waals surface area contributed by atoms with Gasteiger partial charge in [-0.25, -0.2) is 9.36 Å². The maximum Gasteiger partial charge on any atom is 0.335 e. The minimum absolute atomic E-state index is 0.181. The van der Waals surface area contributed by atoms with Gasteiger partial charge < -0.3 is 9.84 Å². The standard InChI is InChI=1S/C15H18N2O4/c1-3-9-21-11-7-5-10(6-8-11)17-14(19)12(4-2)13(18)16-15(17)20/h5-8,19H,3-4,9H2,1-2H3,(H,16,18,20). The molecule has 0 aliphatic carbocycles. The van der Waals surface area contributed by atoms with Gasteiger partial charge in [0.2, 0.25) is 5.88 Å². The first kappa shape index (κ1) is 14.9. The molecule has 0 amide bonds. The maximum atomic E-state index is 11.9. The zero-order valence-corrected chi connectivity index (χ0v) is 12.0. The van der Waals surface area contributed by atoms with Crippen molar-refractivity contribution >= 4 is 0 Å². The first-order valence-corrected chi connectivity index (χ1v) is 6.88. The second kappa shape index (κ2) is 6.30. The molecule has 1 aromatic heterocycles. The molecular weight excluding hydrogens is 272 g/mol. The predicted octanol–water partition coefficient (Wildman–Crippen LogP) is 1.58. The number of rotatable bonds is 5. The molecule has 6 nitrogen and oxygen atoms in total. The van der Waals surface area contributed by atoms with Crippen molar-refractivity contribution in [2.75, 3.05) is 6.61 Å². The summed E-state index contributed by atoms with van der Waals surface area (Å²) < 4.78 is 6.54.